The van der Waals surface area contributed by atoms with Crippen LogP contribution in [0.1, 0.15) is 24.2 Å². The van der Waals surface area contributed by atoms with Crippen molar-refractivity contribution in [3.05, 3.63) is 72.2 Å². The lowest BCUT2D eigenvalue weighted by Gasteiger charge is -2.29. The van der Waals surface area contributed by atoms with Gasteiger partial charge in [0.05, 0.1) is 22.3 Å². The van der Waals surface area contributed by atoms with Gasteiger partial charge in [0, 0.05) is 20.0 Å². The van der Waals surface area contributed by atoms with Crippen molar-refractivity contribution in [3.8, 4) is 0 Å². The molecule has 2 heterocycles. The standard InChI is InChI=1S/C21H17N3O5/c1-21(2)28-19(26)14(20(27)29-21)11-22-15-8-4-3-7-13(15)18(25)24-12-23-16-9-5-6-10-17(16)24/h3-12,22H,1-2H3. The molecule has 0 bridgehead atoms. The number of hydrogen-bond acceptors (Lipinski definition) is 7. The summed E-state index contributed by atoms with van der Waals surface area (Å²) < 4.78 is 11.6. The second kappa shape index (κ2) is 6.90. The number of fused-ring (bicyclic) bond motifs is 1. The third kappa shape index (κ3) is 3.47. The Hall–Kier alpha value is -3.94. The lowest BCUT2D eigenvalue weighted by molar-refractivity contribution is -0.222. The van der Waals surface area contributed by atoms with E-state index in [2.05, 4.69) is 10.3 Å². The number of aromatic nitrogens is 2. The largest absolute Gasteiger partial charge is 0.419 e. The summed E-state index contributed by atoms with van der Waals surface area (Å²) in [5, 5.41) is 2.84. The van der Waals surface area contributed by atoms with E-state index < -0.39 is 17.7 Å². The molecule has 4 rings (SSSR count). The molecular weight excluding hydrogens is 374 g/mol. The minimum absolute atomic E-state index is 0.292. The number of carbonyl (C=O) groups excluding carboxylic acids is 3. The van der Waals surface area contributed by atoms with Gasteiger partial charge in [-0.2, -0.15) is 0 Å². The molecule has 3 aromatic rings. The van der Waals surface area contributed by atoms with E-state index in [4.69, 9.17) is 9.47 Å². The molecule has 0 amide bonds. The van der Waals surface area contributed by atoms with Crippen LogP contribution in [0, 0.1) is 0 Å². The minimum atomic E-state index is -1.32. The van der Waals surface area contributed by atoms with Crippen LogP contribution in [0.5, 0.6) is 0 Å². The Morgan fingerprint density at radius 3 is 2.45 bits per heavy atom. The van der Waals surface area contributed by atoms with E-state index in [-0.39, 0.29) is 11.5 Å². The highest BCUT2D eigenvalue weighted by Crippen LogP contribution is 2.24. The summed E-state index contributed by atoms with van der Waals surface area (Å²) in [6.45, 7) is 2.94. The summed E-state index contributed by atoms with van der Waals surface area (Å²) in [5.74, 6) is -3.23. The fourth-order valence-electron chi connectivity index (χ4n) is 2.97. The average molecular weight is 391 g/mol. The summed E-state index contributed by atoms with van der Waals surface area (Å²) in [5.41, 5.74) is 1.83. The lowest BCUT2D eigenvalue weighted by Crippen LogP contribution is -2.42. The molecule has 1 aliphatic heterocycles. The number of para-hydroxylation sites is 3. The Morgan fingerprint density at radius 2 is 1.69 bits per heavy atom. The summed E-state index contributed by atoms with van der Waals surface area (Å²) in [7, 11) is 0. The second-order valence-electron chi connectivity index (χ2n) is 6.84. The Bertz CT molecular complexity index is 1150. The van der Waals surface area contributed by atoms with Gasteiger partial charge in [0.1, 0.15) is 6.33 Å². The second-order valence-corrected chi connectivity index (χ2v) is 6.84. The molecule has 146 valence electrons. The van der Waals surface area contributed by atoms with Crippen molar-refractivity contribution < 1.29 is 23.9 Å². The predicted molar refractivity (Wildman–Crippen MR) is 104 cm³/mol. The molecule has 29 heavy (non-hydrogen) atoms. The van der Waals surface area contributed by atoms with Gasteiger partial charge in [-0.3, -0.25) is 9.36 Å². The number of carbonyl (C=O) groups is 3. The number of ether oxygens (including phenoxy) is 2. The highest BCUT2D eigenvalue weighted by molar-refractivity contribution is 6.15. The number of rotatable bonds is 3. The fourth-order valence-corrected chi connectivity index (χ4v) is 2.97. The normalized spacial score (nSPS) is 15.6. The molecule has 1 aromatic heterocycles. The van der Waals surface area contributed by atoms with Crippen molar-refractivity contribution in [2.45, 2.75) is 19.6 Å². The molecule has 0 aliphatic carbocycles. The maximum Gasteiger partial charge on any atom is 0.350 e. The number of imidazole rings is 1. The van der Waals surface area contributed by atoms with Crippen molar-refractivity contribution in [3.63, 3.8) is 0 Å². The first-order valence-electron chi connectivity index (χ1n) is 8.85. The number of hydrogen-bond donors (Lipinski definition) is 1. The van der Waals surface area contributed by atoms with Crippen LogP contribution < -0.4 is 5.32 Å². The zero-order valence-corrected chi connectivity index (χ0v) is 15.7. The molecule has 0 unspecified atom stereocenters. The van der Waals surface area contributed by atoms with Gasteiger partial charge in [-0.25, -0.2) is 14.6 Å². The van der Waals surface area contributed by atoms with Crippen molar-refractivity contribution in [2.75, 3.05) is 5.32 Å². The molecule has 8 heteroatoms. The van der Waals surface area contributed by atoms with Crippen LogP contribution in [-0.4, -0.2) is 33.2 Å². The van der Waals surface area contributed by atoms with Crippen molar-refractivity contribution >= 4 is 34.6 Å². The fraction of sp³-hybridized carbons (Fsp3) is 0.143. The number of benzene rings is 2. The van der Waals surface area contributed by atoms with Crippen molar-refractivity contribution in [1.29, 1.82) is 0 Å². The van der Waals surface area contributed by atoms with Crippen LogP contribution in [0.15, 0.2) is 66.6 Å². The minimum Gasteiger partial charge on any atom is -0.419 e. The van der Waals surface area contributed by atoms with Gasteiger partial charge in [0.2, 0.25) is 0 Å². The molecule has 0 atom stereocenters. The number of esters is 2. The lowest BCUT2D eigenvalue weighted by atomic mass is 10.1. The third-order valence-corrected chi connectivity index (χ3v) is 4.32. The monoisotopic (exact) mass is 391 g/mol. The zero-order valence-electron chi connectivity index (χ0n) is 15.7. The predicted octanol–water partition coefficient (Wildman–Crippen LogP) is 2.86. The molecule has 1 saturated heterocycles. The van der Waals surface area contributed by atoms with E-state index in [0.717, 1.165) is 0 Å². The Morgan fingerprint density at radius 1 is 1.03 bits per heavy atom. The number of nitrogens with one attached hydrogen (secondary N) is 1. The van der Waals surface area contributed by atoms with E-state index in [9.17, 15) is 14.4 Å². The summed E-state index contributed by atoms with van der Waals surface area (Å²) >= 11 is 0. The van der Waals surface area contributed by atoms with E-state index in [0.29, 0.717) is 22.3 Å². The van der Waals surface area contributed by atoms with Gasteiger partial charge in [-0.1, -0.05) is 24.3 Å². The van der Waals surface area contributed by atoms with Gasteiger partial charge < -0.3 is 14.8 Å². The molecule has 1 aliphatic rings. The summed E-state index contributed by atoms with van der Waals surface area (Å²) in [6.07, 6.45) is 2.64. The Balaban J connectivity index is 1.65. The average Bonchev–Trinajstić information content (AvgIpc) is 3.10. The van der Waals surface area contributed by atoms with Gasteiger partial charge in [-0.05, 0) is 24.3 Å². The van der Waals surface area contributed by atoms with Crippen molar-refractivity contribution in [1.82, 2.24) is 9.55 Å². The van der Waals surface area contributed by atoms with E-state index >= 15 is 0 Å². The number of nitrogens with zero attached hydrogens (tertiary/aromatic N) is 2. The Labute approximate surface area is 165 Å². The Kier molecular flexibility index (Phi) is 4.38. The van der Waals surface area contributed by atoms with Crippen LogP contribution in [0.25, 0.3) is 11.0 Å². The molecule has 2 aromatic carbocycles. The maximum atomic E-state index is 13.1. The number of anilines is 1. The SMILES string of the molecule is CC1(C)OC(=O)C(=CNc2ccccc2C(=O)n2cnc3ccccc32)C(=O)O1. The first-order chi connectivity index (χ1) is 13.9. The smallest absolute Gasteiger partial charge is 0.350 e. The molecule has 8 nitrogen and oxygen atoms in total. The van der Waals surface area contributed by atoms with Crippen LogP contribution in [0.3, 0.4) is 0 Å². The van der Waals surface area contributed by atoms with E-state index in [1.54, 1.807) is 30.3 Å². The summed E-state index contributed by atoms with van der Waals surface area (Å²) in [6, 6.07) is 14.0. The highest BCUT2D eigenvalue weighted by atomic mass is 16.7. The van der Waals surface area contributed by atoms with Crippen LogP contribution >= 0.6 is 0 Å². The van der Waals surface area contributed by atoms with Crippen LogP contribution in [0.2, 0.25) is 0 Å². The third-order valence-electron chi connectivity index (χ3n) is 4.32. The van der Waals surface area contributed by atoms with Crippen molar-refractivity contribution in [2.24, 2.45) is 0 Å². The molecule has 1 N–H and O–H groups in total. The zero-order chi connectivity index (χ0) is 20.6. The first kappa shape index (κ1) is 18.4. The topological polar surface area (TPSA) is 99.5 Å². The number of cyclic esters (lactones) is 2. The maximum absolute atomic E-state index is 13.1. The van der Waals surface area contributed by atoms with E-state index in [1.807, 2.05) is 18.2 Å². The molecule has 1 fully saturated rings. The van der Waals surface area contributed by atoms with Gasteiger partial charge in [0.15, 0.2) is 5.57 Å². The quantitative estimate of drug-likeness (QED) is 0.416. The van der Waals surface area contributed by atoms with E-state index in [1.165, 1.54) is 30.9 Å². The van der Waals surface area contributed by atoms with Gasteiger partial charge in [0.25, 0.3) is 11.7 Å². The van der Waals surface area contributed by atoms with Crippen LogP contribution in [-0.2, 0) is 19.1 Å². The van der Waals surface area contributed by atoms with Gasteiger partial charge in [-0.15, -0.1) is 0 Å². The molecule has 0 saturated carbocycles. The highest BCUT2D eigenvalue weighted by Gasteiger charge is 2.39. The molecule has 0 spiro atoms. The molecular formula is C21H17N3O5. The first-order valence-corrected chi connectivity index (χ1v) is 8.85. The van der Waals surface area contributed by atoms with Gasteiger partial charge >= 0.3 is 11.9 Å². The summed E-state index contributed by atoms with van der Waals surface area (Å²) in [4.78, 5) is 41.5. The molecule has 0 radical (unpaired) electrons. The van der Waals surface area contributed by atoms with Crippen LogP contribution in [0.4, 0.5) is 5.69 Å².